The van der Waals surface area contributed by atoms with Crippen molar-refractivity contribution < 1.29 is 4.74 Å². The fourth-order valence-electron chi connectivity index (χ4n) is 2.36. The SMILES string of the molecule is CCN(CC)CCOCCNc1c(C(C)(C)C)c(=O)c1=S. The largest absolute Gasteiger partial charge is 0.381 e. The van der Waals surface area contributed by atoms with E-state index >= 15 is 0 Å². The van der Waals surface area contributed by atoms with E-state index in [1.807, 2.05) is 20.8 Å². The van der Waals surface area contributed by atoms with Gasteiger partial charge in [-0.15, -0.1) is 0 Å². The normalized spacial score (nSPS) is 12.3. The Hall–Kier alpha value is -0.780. The Morgan fingerprint density at radius 2 is 1.81 bits per heavy atom. The van der Waals surface area contributed by atoms with Crippen molar-refractivity contribution in [2.24, 2.45) is 0 Å². The Morgan fingerprint density at radius 1 is 1.19 bits per heavy atom. The molecule has 1 rings (SSSR count). The molecule has 0 bridgehead atoms. The van der Waals surface area contributed by atoms with Crippen LogP contribution >= 0.6 is 12.2 Å². The number of hydrogen-bond donors (Lipinski definition) is 1. The van der Waals surface area contributed by atoms with Crippen LogP contribution in [0.2, 0.25) is 0 Å². The monoisotopic (exact) mass is 312 g/mol. The second kappa shape index (κ2) is 8.01. The van der Waals surface area contributed by atoms with E-state index in [-0.39, 0.29) is 10.8 Å². The molecule has 1 aromatic carbocycles. The zero-order valence-electron chi connectivity index (χ0n) is 13.9. The number of likely N-dealkylation sites (N-methyl/N-ethyl adjacent to an activating group) is 1. The number of nitrogens with one attached hydrogen (secondary N) is 1. The van der Waals surface area contributed by atoms with Gasteiger partial charge in [0, 0.05) is 18.7 Å². The van der Waals surface area contributed by atoms with Crippen LogP contribution in [-0.2, 0) is 10.2 Å². The first-order valence-corrected chi connectivity index (χ1v) is 8.11. The molecule has 4 nitrogen and oxygen atoms in total. The van der Waals surface area contributed by atoms with Gasteiger partial charge < -0.3 is 15.0 Å². The number of ether oxygens (including phenoxy) is 1. The van der Waals surface area contributed by atoms with Gasteiger partial charge in [0.2, 0.25) is 5.43 Å². The van der Waals surface area contributed by atoms with E-state index in [1.54, 1.807) is 0 Å². The highest BCUT2D eigenvalue weighted by atomic mass is 32.1. The fourth-order valence-corrected chi connectivity index (χ4v) is 2.64. The van der Waals surface area contributed by atoms with Gasteiger partial charge in [-0.3, -0.25) is 4.79 Å². The summed E-state index contributed by atoms with van der Waals surface area (Å²) in [6, 6.07) is 0. The smallest absolute Gasteiger partial charge is 0.204 e. The van der Waals surface area contributed by atoms with Gasteiger partial charge in [0.1, 0.15) is 4.51 Å². The van der Waals surface area contributed by atoms with Crippen molar-refractivity contribution in [1.82, 2.24) is 4.90 Å². The van der Waals surface area contributed by atoms with Crippen LogP contribution in [0.1, 0.15) is 40.2 Å². The predicted molar refractivity (Wildman–Crippen MR) is 91.7 cm³/mol. The lowest BCUT2D eigenvalue weighted by atomic mass is 9.83. The molecule has 0 atom stereocenters. The summed E-state index contributed by atoms with van der Waals surface area (Å²) < 4.78 is 6.05. The standard InChI is InChI=1S/C16H28N2O2S/c1-6-18(7-2)9-11-20-10-8-17-13-12(16(3,4)5)14(19)15(13)21/h17H,6-11H2,1-5H3. The van der Waals surface area contributed by atoms with E-state index in [4.69, 9.17) is 17.0 Å². The van der Waals surface area contributed by atoms with Gasteiger partial charge in [0.05, 0.1) is 18.9 Å². The average molecular weight is 312 g/mol. The molecule has 0 saturated carbocycles. The Balaban J connectivity index is 2.33. The summed E-state index contributed by atoms with van der Waals surface area (Å²) in [6.45, 7) is 15.5. The van der Waals surface area contributed by atoms with Crippen LogP contribution in [-0.4, -0.2) is 44.3 Å². The van der Waals surface area contributed by atoms with Crippen molar-refractivity contribution in [1.29, 1.82) is 0 Å². The van der Waals surface area contributed by atoms with Crippen LogP contribution in [0.3, 0.4) is 0 Å². The predicted octanol–water partition coefficient (Wildman–Crippen LogP) is 2.72. The van der Waals surface area contributed by atoms with Crippen LogP contribution < -0.4 is 10.7 Å². The van der Waals surface area contributed by atoms with Crippen LogP contribution in [0.25, 0.3) is 0 Å². The topological polar surface area (TPSA) is 41.6 Å². The summed E-state index contributed by atoms with van der Waals surface area (Å²) in [6.07, 6.45) is 0. The van der Waals surface area contributed by atoms with Gasteiger partial charge in [0.25, 0.3) is 0 Å². The minimum atomic E-state index is -0.161. The molecule has 120 valence electrons. The van der Waals surface area contributed by atoms with Gasteiger partial charge in [-0.2, -0.15) is 0 Å². The molecule has 0 spiro atoms. The summed E-state index contributed by atoms with van der Waals surface area (Å²) in [5.74, 6) is 0. The molecule has 0 aromatic heterocycles. The number of hydrogen-bond acceptors (Lipinski definition) is 5. The van der Waals surface area contributed by atoms with Crippen LogP contribution in [0, 0.1) is 4.51 Å². The summed E-state index contributed by atoms with van der Waals surface area (Å²) in [5, 5.41) is 3.25. The molecule has 1 N–H and O–H groups in total. The number of rotatable bonds is 9. The summed E-state index contributed by atoms with van der Waals surface area (Å²) in [7, 11) is 0. The first kappa shape index (κ1) is 18.3. The molecule has 0 aliphatic rings. The van der Waals surface area contributed by atoms with Gasteiger partial charge in [0.15, 0.2) is 0 Å². The fraction of sp³-hybridized carbons (Fsp3) is 0.750. The molecule has 0 fully saturated rings. The van der Waals surface area contributed by atoms with Crippen molar-refractivity contribution in [3.05, 3.63) is 20.3 Å². The van der Waals surface area contributed by atoms with Crippen LogP contribution in [0.15, 0.2) is 4.79 Å². The Kier molecular flexibility index (Phi) is 6.97. The van der Waals surface area contributed by atoms with Gasteiger partial charge >= 0.3 is 0 Å². The van der Waals surface area contributed by atoms with Gasteiger partial charge in [-0.25, -0.2) is 0 Å². The Morgan fingerprint density at radius 3 is 2.33 bits per heavy atom. The molecule has 5 heteroatoms. The Bertz CT molecular complexity index is 509. The van der Waals surface area contributed by atoms with E-state index in [9.17, 15) is 4.79 Å². The number of anilines is 1. The van der Waals surface area contributed by atoms with Gasteiger partial charge in [-0.05, 0) is 18.5 Å². The second-order valence-electron chi connectivity index (χ2n) is 6.22. The molecule has 0 unspecified atom stereocenters. The average Bonchev–Trinajstić information content (AvgIpc) is 2.43. The summed E-state index contributed by atoms with van der Waals surface area (Å²) in [4.78, 5) is 14.1. The molecule has 0 saturated heterocycles. The summed E-state index contributed by atoms with van der Waals surface area (Å²) >= 11 is 5.12. The lowest BCUT2D eigenvalue weighted by Crippen LogP contribution is -2.31. The van der Waals surface area contributed by atoms with E-state index in [0.29, 0.717) is 17.7 Å². The van der Waals surface area contributed by atoms with Crippen molar-refractivity contribution in [3.8, 4) is 0 Å². The molecule has 0 heterocycles. The van der Waals surface area contributed by atoms with E-state index < -0.39 is 0 Å². The lowest BCUT2D eigenvalue weighted by molar-refractivity contribution is 0.114. The summed E-state index contributed by atoms with van der Waals surface area (Å²) in [5.41, 5.74) is 1.51. The first-order chi connectivity index (χ1) is 9.82. The van der Waals surface area contributed by atoms with Crippen molar-refractivity contribution in [3.63, 3.8) is 0 Å². The highest BCUT2D eigenvalue weighted by Gasteiger charge is 2.27. The molecule has 0 radical (unpaired) electrons. The Labute approximate surface area is 133 Å². The van der Waals surface area contributed by atoms with Crippen molar-refractivity contribution in [2.45, 2.75) is 40.0 Å². The molecule has 0 aliphatic heterocycles. The van der Waals surface area contributed by atoms with Crippen molar-refractivity contribution in [2.75, 3.05) is 44.7 Å². The number of nitrogens with zero attached hydrogens (tertiary/aromatic N) is 1. The molecule has 21 heavy (non-hydrogen) atoms. The van der Waals surface area contributed by atoms with Crippen molar-refractivity contribution >= 4 is 17.9 Å². The zero-order chi connectivity index (χ0) is 16.0. The maximum Gasteiger partial charge on any atom is 0.204 e. The minimum Gasteiger partial charge on any atom is -0.381 e. The minimum absolute atomic E-state index is 0.0162. The van der Waals surface area contributed by atoms with Gasteiger partial charge in [-0.1, -0.05) is 46.8 Å². The first-order valence-electron chi connectivity index (χ1n) is 7.70. The lowest BCUT2D eigenvalue weighted by Gasteiger charge is -2.25. The third kappa shape index (κ3) is 4.87. The molecular formula is C16H28N2O2S. The molecule has 0 aliphatic carbocycles. The molecular weight excluding hydrogens is 284 g/mol. The highest BCUT2D eigenvalue weighted by molar-refractivity contribution is 7.71. The van der Waals surface area contributed by atoms with Crippen LogP contribution in [0.4, 0.5) is 5.69 Å². The highest BCUT2D eigenvalue weighted by Crippen LogP contribution is 2.29. The third-order valence-electron chi connectivity index (χ3n) is 3.65. The van der Waals surface area contributed by atoms with E-state index in [2.05, 4.69) is 24.1 Å². The molecule has 0 amide bonds. The zero-order valence-corrected chi connectivity index (χ0v) is 14.7. The quantitative estimate of drug-likeness (QED) is 0.561. The maximum absolute atomic E-state index is 11.8. The van der Waals surface area contributed by atoms with Crippen LogP contribution in [0.5, 0.6) is 0 Å². The second-order valence-corrected chi connectivity index (χ2v) is 6.63. The maximum atomic E-state index is 11.8. The van der Waals surface area contributed by atoms with E-state index in [1.165, 1.54) is 0 Å². The molecule has 1 aromatic rings. The van der Waals surface area contributed by atoms with E-state index in [0.717, 1.165) is 37.5 Å². The third-order valence-corrected chi connectivity index (χ3v) is 4.04.